The predicted octanol–water partition coefficient (Wildman–Crippen LogP) is 2.54. The van der Waals surface area contributed by atoms with Gasteiger partial charge in [0.05, 0.1) is 23.3 Å². The molecule has 0 radical (unpaired) electrons. The van der Waals surface area contributed by atoms with E-state index < -0.39 is 0 Å². The first-order chi connectivity index (χ1) is 9.48. The Morgan fingerprint density at radius 3 is 3.05 bits per heavy atom. The fraction of sp³-hybridized carbons (Fsp3) is 0.800. The van der Waals surface area contributed by atoms with E-state index in [4.69, 9.17) is 9.72 Å². The standard InChI is InChI=1S/C15H24N2O2S/c1-4-17-5-6-19-12(9-17)14-16-10-7-15(2,3)8-11(18)13(10)20-14/h11-12,18H,4-9H2,1-3H3. The Balaban J connectivity index is 1.83. The van der Waals surface area contributed by atoms with Gasteiger partial charge in [0.1, 0.15) is 11.1 Å². The summed E-state index contributed by atoms with van der Waals surface area (Å²) >= 11 is 1.65. The van der Waals surface area contributed by atoms with Crippen molar-refractivity contribution in [2.45, 2.75) is 45.8 Å². The third kappa shape index (κ3) is 2.77. The number of aliphatic hydroxyl groups excluding tert-OH is 1. The molecule has 20 heavy (non-hydrogen) atoms. The van der Waals surface area contributed by atoms with E-state index in [1.807, 2.05) is 0 Å². The molecule has 2 atom stereocenters. The number of fused-ring (bicyclic) bond motifs is 1. The first kappa shape index (κ1) is 14.4. The maximum absolute atomic E-state index is 10.3. The lowest BCUT2D eigenvalue weighted by Crippen LogP contribution is -2.38. The van der Waals surface area contributed by atoms with E-state index in [0.717, 1.165) is 54.7 Å². The normalized spacial score (nSPS) is 30.2. The van der Waals surface area contributed by atoms with Crippen molar-refractivity contribution in [3.8, 4) is 0 Å². The van der Waals surface area contributed by atoms with Crippen LogP contribution in [0.1, 0.15) is 55.0 Å². The molecule has 1 aromatic rings. The van der Waals surface area contributed by atoms with Crippen LogP contribution in [-0.2, 0) is 11.2 Å². The lowest BCUT2D eigenvalue weighted by Gasteiger charge is -2.31. The van der Waals surface area contributed by atoms with Crippen molar-refractivity contribution < 1.29 is 9.84 Å². The lowest BCUT2D eigenvalue weighted by molar-refractivity contribution is -0.0283. The van der Waals surface area contributed by atoms with Crippen LogP contribution in [0, 0.1) is 5.41 Å². The first-order valence-electron chi connectivity index (χ1n) is 7.50. The molecule has 2 heterocycles. The van der Waals surface area contributed by atoms with Crippen molar-refractivity contribution in [3.63, 3.8) is 0 Å². The van der Waals surface area contributed by atoms with Gasteiger partial charge in [0.2, 0.25) is 0 Å². The SMILES string of the molecule is CCN1CCOC(c2nc3c(s2)C(O)CC(C)(C)C3)C1. The zero-order valence-electron chi connectivity index (χ0n) is 12.6. The van der Waals surface area contributed by atoms with E-state index in [1.54, 1.807) is 11.3 Å². The van der Waals surface area contributed by atoms with Crippen LogP contribution in [0.5, 0.6) is 0 Å². The van der Waals surface area contributed by atoms with E-state index >= 15 is 0 Å². The smallest absolute Gasteiger partial charge is 0.123 e. The lowest BCUT2D eigenvalue weighted by atomic mass is 9.77. The number of aromatic nitrogens is 1. The Hall–Kier alpha value is -0.490. The Labute approximate surface area is 124 Å². The van der Waals surface area contributed by atoms with Gasteiger partial charge in [0, 0.05) is 13.1 Å². The van der Waals surface area contributed by atoms with Crippen LogP contribution in [0.2, 0.25) is 0 Å². The van der Waals surface area contributed by atoms with Crippen LogP contribution in [-0.4, -0.2) is 41.2 Å². The van der Waals surface area contributed by atoms with Gasteiger partial charge in [-0.1, -0.05) is 20.8 Å². The van der Waals surface area contributed by atoms with Gasteiger partial charge in [0.15, 0.2) is 0 Å². The van der Waals surface area contributed by atoms with Crippen LogP contribution >= 0.6 is 11.3 Å². The topological polar surface area (TPSA) is 45.6 Å². The van der Waals surface area contributed by atoms with Gasteiger partial charge in [-0.3, -0.25) is 4.90 Å². The molecule has 1 aliphatic carbocycles. The minimum atomic E-state index is -0.356. The quantitative estimate of drug-likeness (QED) is 0.911. The fourth-order valence-corrected chi connectivity index (χ4v) is 4.30. The number of rotatable bonds is 2. The number of aliphatic hydroxyl groups is 1. The molecule has 2 unspecified atom stereocenters. The van der Waals surface area contributed by atoms with Gasteiger partial charge in [-0.25, -0.2) is 4.98 Å². The van der Waals surface area contributed by atoms with Crippen molar-refractivity contribution >= 4 is 11.3 Å². The van der Waals surface area contributed by atoms with E-state index in [2.05, 4.69) is 25.7 Å². The highest BCUT2D eigenvalue weighted by Gasteiger charge is 2.35. The number of thiazole rings is 1. The van der Waals surface area contributed by atoms with Gasteiger partial charge in [-0.2, -0.15) is 0 Å². The zero-order valence-corrected chi connectivity index (χ0v) is 13.4. The Morgan fingerprint density at radius 1 is 1.50 bits per heavy atom. The van der Waals surface area contributed by atoms with E-state index in [-0.39, 0.29) is 17.6 Å². The molecule has 2 aliphatic rings. The maximum Gasteiger partial charge on any atom is 0.123 e. The maximum atomic E-state index is 10.3. The highest BCUT2D eigenvalue weighted by atomic mass is 32.1. The second-order valence-corrected chi connectivity index (χ2v) is 7.74. The highest BCUT2D eigenvalue weighted by molar-refractivity contribution is 7.11. The van der Waals surface area contributed by atoms with Crippen LogP contribution in [0.15, 0.2) is 0 Å². The number of hydrogen-bond donors (Lipinski definition) is 1. The molecule has 0 spiro atoms. The van der Waals surface area contributed by atoms with Gasteiger partial charge in [-0.15, -0.1) is 11.3 Å². The second kappa shape index (κ2) is 5.37. The molecule has 1 aliphatic heterocycles. The summed E-state index contributed by atoms with van der Waals surface area (Å²) in [5.74, 6) is 0. The molecule has 112 valence electrons. The molecule has 1 N–H and O–H groups in total. The molecule has 1 saturated heterocycles. The number of nitrogens with zero attached hydrogens (tertiary/aromatic N) is 2. The molecule has 0 aromatic carbocycles. The van der Waals surface area contributed by atoms with Gasteiger partial charge in [-0.05, 0) is 24.8 Å². The Kier molecular flexibility index (Phi) is 3.88. The summed E-state index contributed by atoms with van der Waals surface area (Å²) in [7, 11) is 0. The summed E-state index contributed by atoms with van der Waals surface area (Å²) in [6, 6.07) is 0. The van der Waals surface area contributed by atoms with Gasteiger partial charge in [0.25, 0.3) is 0 Å². The zero-order chi connectivity index (χ0) is 14.3. The second-order valence-electron chi connectivity index (χ2n) is 6.68. The molecule has 1 fully saturated rings. The Bertz CT molecular complexity index is 486. The summed E-state index contributed by atoms with van der Waals surface area (Å²) in [6.45, 7) is 10.3. The van der Waals surface area contributed by atoms with Crippen molar-refractivity contribution in [1.29, 1.82) is 0 Å². The number of morpholine rings is 1. The molecular weight excluding hydrogens is 272 g/mol. The largest absolute Gasteiger partial charge is 0.387 e. The summed E-state index contributed by atoms with van der Waals surface area (Å²) in [5.41, 5.74) is 1.23. The number of hydrogen-bond acceptors (Lipinski definition) is 5. The predicted molar refractivity (Wildman–Crippen MR) is 80.0 cm³/mol. The summed E-state index contributed by atoms with van der Waals surface area (Å²) in [6.07, 6.45) is 1.51. The van der Waals surface area contributed by atoms with Crippen LogP contribution in [0.25, 0.3) is 0 Å². The van der Waals surface area contributed by atoms with E-state index in [0.29, 0.717) is 0 Å². The number of ether oxygens (including phenoxy) is 1. The van der Waals surface area contributed by atoms with Gasteiger partial charge >= 0.3 is 0 Å². The van der Waals surface area contributed by atoms with Crippen LogP contribution < -0.4 is 0 Å². The fourth-order valence-electron chi connectivity index (χ4n) is 3.19. The monoisotopic (exact) mass is 296 g/mol. The van der Waals surface area contributed by atoms with Crippen molar-refractivity contribution in [2.24, 2.45) is 5.41 Å². The molecule has 0 saturated carbocycles. The number of likely N-dealkylation sites (N-methyl/N-ethyl adjacent to an activating group) is 1. The van der Waals surface area contributed by atoms with E-state index in [9.17, 15) is 5.11 Å². The third-order valence-corrected chi connectivity index (χ3v) is 5.60. The average molecular weight is 296 g/mol. The Morgan fingerprint density at radius 2 is 2.30 bits per heavy atom. The average Bonchev–Trinajstić information content (AvgIpc) is 2.81. The molecule has 0 amide bonds. The molecule has 3 rings (SSSR count). The van der Waals surface area contributed by atoms with Crippen molar-refractivity contribution in [3.05, 3.63) is 15.6 Å². The van der Waals surface area contributed by atoms with Crippen LogP contribution in [0.3, 0.4) is 0 Å². The van der Waals surface area contributed by atoms with Gasteiger partial charge < -0.3 is 9.84 Å². The van der Waals surface area contributed by atoms with Crippen LogP contribution in [0.4, 0.5) is 0 Å². The van der Waals surface area contributed by atoms with Crippen molar-refractivity contribution in [1.82, 2.24) is 9.88 Å². The van der Waals surface area contributed by atoms with E-state index in [1.165, 1.54) is 0 Å². The third-order valence-electron chi connectivity index (χ3n) is 4.31. The summed E-state index contributed by atoms with van der Waals surface area (Å²) in [5, 5.41) is 11.4. The molecule has 0 bridgehead atoms. The highest BCUT2D eigenvalue weighted by Crippen LogP contribution is 2.44. The van der Waals surface area contributed by atoms with Crippen molar-refractivity contribution in [2.75, 3.05) is 26.2 Å². The molecule has 5 heteroatoms. The first-order valence-corrected chi connectivity index (χ1v) is 8.31. The minimum Gasteiger partial charge on any atom is -0.387 e. The summed E-state index contributed by atoms with van der Waals surface area (Å²) < 4.78 is 5.89. The molecule has 4 nitrogen and oxygen atoms in total. The molecule has 1 aromatic heterocycles. The molecular formula is C15H24N2O2S. The minimum absolute atomic E-state index is 0.0783. The summed E-state index contributed by atoms with van der Waals surface area (Å²) in [4.78, 5) is 8.26.